The molecule has 0 aliphatic rings. The second-order valence-electron chi connectivity index (χ2n) is 5.70. The van der Waals surface area contributed by atoms with Gasteiger partial charge in [-0.25, -0.2) is 0 Å². The molecule has 0 atom stereocenters. The zero-order chi connectivity index (χ0) is 16.0. The van der Waals surface area contributed by atoms with E-state index in [1.54, 1.807) is 0 Å². The first kappa shape index (κ1) is 15.8. The summed E-state index contributed by atoms with van der Waals surface area (Å²) < 4.78 is 0. The Bertz CT molecular complexity index is 671. The van der Waals surface area contributed by atoms with Gasteiger partial charge in [-0.2, -0.15) is 0 Å². The summed E-state index contributed by atoms with van der Waals surface area (Å²) in [6, 6.07) is 33.0. The molecule has 0 aliphatic heterocycles. The molecule has 3 aromatic rings. The minimum Gasteiger partial charge on any atom is -0.0743 e. The lowest BCUT2D eigenvalue weighted by atomic mass is 10.3. The van der Waals surface area contributed by atoms with Crippen LogP contribution < -0.4 is 15.9 Å². The summed E-state index contributed by atoms with van der Waals surface area (Å²) in [5, 5.41) is 4.31. The number of hydrogen-bond acceptors (Lipinski definition) is 0. The average Bonchev–Trinajstić information content (AvgIpc) is 2.65. The van der Waals surface area contributed by atoms with Gasteiger partial charge in [-0.15, -0.1) is 0 Å². The van der Waals surface area contributed by atoms with Crippen molar-refractivity contribution >= 4 is 28.6 Å². The highest BCUT2D eigenvalue weighted by Gasteiger charge is 2.23. The average molecular weight is 318 g/mol. The van der Waals surface area contributed by atoms with Crippen LogP contribution in [0, 0.1) is 0 Å². The zero-order valence-corrected chi connectivity index (χ0v) is 14.5. The Labute approximate surface area is 139 Å². The molecule has 3 rings (SSSR count). The van der Waals surface area contributed by atoms with Crippen LogP contribution in [0.3, 0.4) is 0 Å². The predicted octanol–water partition coefficient (Wildman–Crippen LogP) is 4.58. The smallest absolute Gasteiger partial charge is 0.0163 e. The highest BCUT2D eigenvalue weighted by molar-refractivity contribution is 7.94. The van der Waals surface area contributed by atoms with E-state index in [4.69, 9.17) is 0 Å². The number of rotatable bonds is 5. The summed E-state index contributed by atoms with van der Waals surface area (Å²) in [6.07, 6.45) is 2.31. The van der Waals surface area contributed by atoms with Crippen molar-refractivity contribution in [3.05, 3.63) is 91.0 Å². The lowest BCUT2D eigenvalue weighted by molar-refractivity contribution is 1.02. The molecule has 0 saturated heterocycles. The van der Waals surface area contributed by atoms with Crippen LogP contribution in [0.25, 0.3) is 0 Å². The van der Waals surface area contributed by atoms with E-state index in [0.717, 1.165) is 6.42 Å². The van der Waals surface area contributed by atoms with Gasteiger partial charge >= 0.3 is 0 Å². The summed E-state index contributed by atoms with van der Waals surface area (Å²) in [5.74, 6) is 2.59. The lowest BCUT2D eigenvalue weighted by Crippen LogP contribution is -2.26. The zero-order valence-electron chi connectivity index (χ0n) is 13.6. The molecule has 0 radical (unpaired) electrons. The van der Waals surface area contributed by atoms with Crippen molar-refractivity contribution in [2.45, 2.75) is 19.8 Å². The number of benzene rings is 3. The maximum Gasteiger partial charge on any atom is -0.0163 e. The molecule has 0 spiro atoms. The number of hydrogen-bond donors (Lipinski definition) is 0. The lowest BCUT2D eigenvalue weighted by Gasteiger charge is -2.28. The first-order chi connectivity index (χ1) is 11.4. The van der Waals surface area contributed by atoms with Crippen molar-refractivity contribution in [2.24, 2.45) is 0 Å². The fourth-order valence-electron chi connectivity index (χ4n) is 3.08. The molecule has 1 heteroatoms. The van der Waals surface area contributed by atoms with E-state index in [2.05, 4.69) is 104 Å². The van der Waals surface area contributed by atoms with Crippen LogP contribution in [0.4, 0.5) is 0 Å². The Morgan fingerprint density at radius 2 is 0.957 bits per heavy atom. The largest absolute Gasteiger partial charge is 0.0743 e. The molecule has 0 amide bonds. The van der Waals surface area contributed by atoms with Gasteiger partial charge in [0.2, 0.25) is 0 Å². The molecule has 0 heterocycles. The van der Waals surface area contributed by atoms with Crippen molar-refractivity contribution in [3.8, 4) is 0 Å². The van der Waals surface area contributed by atoms with Crippen molar-refractivity contribution in [3.63, 3.8) is 0 Å². The maximum absolute atomic E-state index is 2.59. The fraction of sp³-hybridized carbons (Fsp3) is 0.136. The van der Waals surface area contributed by atoms with E-state index in [9.17, 15) is 0 Å². The maximum atomic E-state index is 2.59. The Morgan fingerprint density at radius 1 is 0.609 bits per heavy atom. The third-order valence-electron chi connectivity index (χ3n) is 4.18. The second kappa shape index (κ2) is 7.49. The summed E-state index contributed by atoms with van der Waals surface area (Å²) in [4.78, 5) is 0. The first-order valence-corrected chi connectivity index (χ1v) is 10.1. The highest BCUT2D eigenvalue weighted by Crippen LogP contribution is 2.43. The van der Waals surface area contributed by atoms with Crippen LogP contribution in [-0.2, 0) is 0 Å². The quantitative estimate of drug-likeness (QED) is 0.604. The van der Waals surface area contributed by atoms with Crippen LogP contribution >= 0.6 is 6.89 Å². The molecule has 116 valence electrons. The monoisotopic (exact) mass is 318 g/mol. The fourth-order valence-corrected chi connectivity index (χ4v) is 7.18. The standard InChI is InChI=1S/C22H23P/c1-2-3-19-23(20-13-7-4-8-14-20,21-15-9-5-10-16-21)22-17-11-6-12-18-22/h4-19H,2-3H2,1H3. The SMILES string of the molecule is CCCC=P(c1ccccc1)(c1ccccc1)c1ccccc1. The van der Waals surface area contributed by atoms with Gasteiger partial charge in [0.05, 0.1) is 0 Å². The molecule has 0 aromatic heterocycles. The topological polar surface area (TPSA) is 0 Å². The van der Waals surface area contributed by atoms with Crippen LogP contribution in [0.15, 0.2) is 91.0 Å². The molecular formula is C22H23P. The Balaban J connectivity index is 2.36. The van der Waals surface area contributed by atoms with Gasteiger partial charge in [-0.3, -0.25) is 0 Å². The van der Waals surface area contributed by atoms with E-state index < -0.39 is 6.89 Å². The van der Waals surface area contributed by atoms with Gasteiger partial charge in [0, 0.05) is 0 Å². The highest BCUT2D eigenvalue weighted by atomic mass is 31.2. The van der Waals surface area contributed by atoms with Gasteiger partial charge in [0.1, 0.15) is 0 Å². The molecule has 0 nitrogen and oxygen atoms in total. The molecule has 23 heavy (non-hydrogen) atoms. The Kier molecular flexibility index (Phi) is 5.16. The van der Waals surface area contributed by atoms with Crippen LogP contribution in [0.5, 0.6) is 0 Å². The Morgan fingerprint density at radius 3 is 1.26 bits per heavy atom. The van der Waals surface area contributed by atoms with Gasteiger partial charge in [-0.05, 0) is 29.2 Å². The third-order valence-corrected chi connectivity index (χ3v) is 8.33. The molecule has 3 aromatic carbocycles. The third kappa shape index (κ3) is 3.19. The second-order valence-corrected chi connectivity index (χ2v) is 9.06. The van der Waals surface area contributed by atoms with Gasteiger partial charge in [0.15, 0.2) is 0 Å². The van der Waals surface area contributed by atoms with E-state index in [1.807, 2.05) is 0 Å². The molecule has 0 bridgehead atoms. The van der Waals surface area contributed by atoms with Crippen LogP contribution in [0.1, 0.15) is 19.8 Å². The minimum absolute atomic E-state index is 1.13. The molecule has 0 unspecified atom stereocenters. The van der Waals surface area contributed by atoms with Gasteiger partial charge in [-0.1, -0.05) is 110 Å². The van der Waals surface area contributed by atoms with Gasteiger partial charge < -0.3 is 0 Å². The predicted molar refractivity (Wildman–Crippen MR) is 106 cm³/mol. The molecule has 0 N–H and O–H groups in total. The van der Waals surface area contributed by atoms with E-state index >= 15 is 0 Å². The van der Waals surface area contributed by atoms with Crippen molar-refractivity contribution < 1.29 is 0 Å². The van der Waals surface area contributed by atoms with Crippen molar-refractivity contribution in [2.75, 3.05) is 0 Å². The number of unbranched alkanes of at least 4 members (excludes halogenated alkanes) is 1. The molecule has 0 fully saturated rings. The van der Waals surface area contributed by atoms with E-state index in [0.29, 0.717) is 0 Å². The first-order valence-electron chi connectivity index (χ1n) is 8.28. The summed E-state index contributed by atoms with van der Waals surface area (Å²) >= 11 is 0. The molecule has 0 aliphatic carbocycles. The summed E-state index contributed by atoms with van der Waals surface area (Å²) in [5.41, 5.74) is 0. The van der Waals surface area contributed by atoms with Crippen molar-refractivity contribution in [1.29, 1.82) is 0 Å². The Hall–Kier alpha value is -2.04. The summed E-state index contributed by atoms with van der Waals surface area (Å²) in [6.45, 7) is 0.561. The van der Waals surface area contributed by atoms with Crippen molar-refractivity contribution in [1.82, 2.24) is 0 Å². The van der Waals surface area contributed by atoms with Gasteiger partial charge in [0.25, 0.3) is 0 Å². The molecular weight excluding hydrogens is 295 g/mol. The molecule has 0 saturated carbocycles. The normalized spacial score (nSPS) is 11.2. The van der Waals surface area contributed by atoms with E-state index in [1.165, 1.54) is 22.3 Å². The minimum atomic E-state index is -1.69. The summed E-state index contributed by atoms with van der Waals surface area (Å²) in [7, 11) is 0. The van der Waals surface area contributed by atoms with Crippen LogP contribution in [0.2, 0.25) is 0 Å². The van der Waals surface area contributed by atoms with E-state index in [-0.39, 0.29) is 0 Å². The van der Waals surface area contributed by atoms with Crippen LogP contribution in [-0.4, -0.2) is 5.80 Å².